The molecular formula is C20H27N5O5S. The van der Waals surface area contributed by atoms with Crippen molar-refractivity contribution in [3.8, 4) is 0 Å². The Morgan fingerprint density at radius 3 is 2.81 bits per heavy atom. The number of hydrogen-bond acceptors (Lipinski definition) is 9. The highest BCUT2D eigenvalue weighted by molar-refractivity contribution is 7.14. The molecule has 0 bridgehead atoms. The molecular weight excluding hydrogens is 422 g/mol. The molecule has 1 saturated heterocycles. The largest absolute Gasteiger partial charge is 0.383 e. The minimum absolute atomic E-state index is 0.155. The molecule has 1 aromatic heterocycles. The lowest BCUT2D eigenvalue weighted by Crippen LogP contribution is -2.44. The molecule has 1 aliphatic heterocycles. The number of amides is 1. The molecule has 1 aliphatic rings. The molecule has 1 fully saturated rings. The van der Waals surface area contributed by atoms with E-state index in [1.807, 2.05) is 19.2 Å². The Hall–Kier alpha value is -2.60. The van der Waals surface area contributed by atoms with Crippen molar-refractivity contribution < 1.29 is 19.2 Å². The first-order valence-corrected chi connectivity index (χ1v) is 10.9. The minimum Gasteiger partial charge on any atom is -0.383 e. The predicted molar refractivity (Wildman–Crippen MR) is 119 cm³/mol. The third kappa shape index (κ3) is 6.44. The molecule has 11 heteroatoms. The summed E-state index contributed by atoms with van der Waals surface area (Å²) in [6.45, 7) is 7.32. The number of nitro groups is 1. The Morgan fingerprint density at radius 2 is 2.13 bits per heavy atom. The molecule has 0 spiro atoms. The van der Waals surface area contributed by atoms with E-state index in [4.69, 9.17) is 9.47 Å². The zero-order valence-electron chi connectivity index (χ0n) is 17.8. The van der Waals surface area contributed by atoms with E-state index in [1.54, 1.807) is 7.11 Å². The van der Waals surface area contributed by atoms with E-state index in [1.165, 1.54) is 29.5 Å². The van der Waals surface area contributed by atoms with Crippen molar-refractivity contribution in [1.29, 1.82) is 0 Å². The normalized spacial score (nSPS) is 19.2. The Balaban J connectivity index is 1.69. The van der Waals surface area contributed by atoms with Gasteiger partial charge in [-0.3, -0.25) is 25.1 Å². The molecule has 2 aromatic rings. The fraction of sp³-hybridized carbons (Fsp3) is 0.500. The summed E-state index contributed by atoms with van der Waals surface area (Å²) in [5.74, 6) is -0.460. The van der Waals surface area contributed by atoms with Crippen LogP contribution >= 0.6 is 11.3 Å². The second-order valence-corrected chi connectivity index (χ2v) is 8.31. The van der Waals surface area contributed by atoms with E-state index in [0.717, 1.165) is 18.8 Å². The summed E-state index contributed by atoms with van der Waals surface area (Å²) in [5, 5.41) is 19.3. The van der Waals surface area contributed by atoms with Crippen LogP contribution in [0.25, 0.3) is 0 Å². The van der Waals surface area contributed by atoms with Gasteiger partial charge in [0.15, 0.2) is 5.13 Å². The van der Waals surface area contributed by atoms with Crippen LogP contribution in [-0.2, 0) is 16.0 Å². The quantitative estimate of drug-likeness (QED) is 0.341. The highest BCUT2D eigenvalue weighted by Gasteiger charge is 2.23. The molecule has 2 atom stereocenters. The third-order valence-corrected chi connectivity index (χ3v) is 5.54. The number of ether oxygens (including phenoxy) is 2. The summed E-state index contributed by atoms with van der Waals surface area (Å²) in [4.78, 5) is 30.3. The molecule has 2 heterocycles. The Kier molecular flexibility index (Phi) is 7.91. The van der Waals surface area contributed by atoms with Gasteiger partial charge in [0, 0.05) is 56.5 Å². The molecule has 168 valence electrons. The summed E-state index contributed by atoms with van der Waals surface area (Å²) in [5.41, 5.74) is 1.38. The molecule has 1 amide bonds. The first kappa shape index (κ1) is 23.1. The number of benzene rings is 1. The van der Waals surface area contributed by atoms with E-state index >= 15 is 0 Å². The number of nitro benzene ring substituents is 1. The van der Waals surface area contributed by atoms with Gasteiger partial charge in [0.25, 0.3) is 11.6 Å². The van der Waals surface area contributed by atoms with Gasteiger partial charge in [-0.15, -0.1) is 11.3 Å². The van der Waals surface area contributed by atoms with Crippen LogP contribution in [0.3, 0.4) is 0 Å². The standard InChI is InChI=1S/C20H27N5O5S/c1-13-9-24(10-14(2)30-13)11-15-12-31-20(22-15)23-19(26)17-8-16(25(27)28)4-5-18(17)21-6-7-29-3/h4-5,8,12-14,21H,6-7,9-11H2,1-3H3,(H,22,23,26)/t13-,14-/m1/s1. The maximum Gasteiger partial charge on any atom is 0.270 e. The summed E-state index contributed by atoms with van der Waals surface area (Å²) in [7, 11) is 1.57. The van der Waals surface area contributed by atoms with Crippen LogP contribution in [0.4, 0.5) is 16.5 Å². The lowest BCUT2D eigenvalue weighted by molar-refractivity contribution is -0.384. The van der Waals surface area contributed by atoms with Gasteiger partial charge in [0.05, 0.1) is 35.0 Å². The van der Waals surface area contributed by atoms with Crippen molar-refractivity contribution in [3.05, 3.63) is 45.0 Å². The number of nitrogens with one attached hydrogen (secondary N) is 2. The van der Waals surface area contributed by atoms with Gasteiger partial charge < -0.3 is 14.8 Å². The number of anilines is 2. The van der Waals surface area contributed by atoms with Gasteiger partial charge in [0.2, 0.25) is 0 Å². The number of morpholine rings is 1. The van der Waals surface area contributed by atoms with E-state index in [0.29, 0.717) is 30.5 Å². The number of carbonyl (C=O) groups excluding carboxylic acids is 1. The third-order valence-electron chi connectivity index (χ3n) is 4.73. The monoisotopic (exact) mass is 449 g/mol. The van der Waals surface area contributed by atoms with Crippen LogP contribution in [0.2, 0.25) is 0 Å². The topological polar surface area (TPSA) is 119 Å². The Bertz CT molecular complexity index is 911. The first-order valence-electron chi connectivity index (χ1n) is 10.0. The maximum absolute atomic E-state index is 12.9. The second-order valence-electron chi connectivity index (χ2n) is 7.46. The van der Waals surface area contributed by atoms with Crippen LogP contribution in [0.5, 0.6) is 0 Å². The van der Waals surface area contributed by atoms with Crippen molar-refractivity contribution in [2.24, 2.45) is 0 Å². The van der Waals surface area contributed by atoms with Crippen molar-refractivity contribution in [3.63, 3.8) is 0 Å². The van der Waals surface area contributed by atoms with Crippen LogP contribution < -0.4 is 10.6 Å². The zero-order valence-corrected chi connectivity index (χ0v) is 18.6. The molecule has 0 aliphatic carbocycles. The first-order chi connectivity index (χ1) is 14.9. The van der Waals surface area contributed by atoms with Crippen LogP contribution in [0.1, 0.15) is 29.9 Å². The molecule has 2 N–H and O–H groups in total. The van der Waals surface area contributed by atoms with Gasteiger partial charge in [-0.2, -0.15) is 0 Å². The number of rotatable bonds is 9. The van der Waals surface area contributed by atoms with E-state index in [-0.39, 0.29) is 23.5 Å². The lowest BCUT2D eigenvalue weighted by atomic mass is 10.1. The molecule has 0 radical (unpaired) electrons. The summed E-state index contributed by atoms with van der Waals surface area (Å²) in [6, 6.07) is 4.14. The molecule has 31 heavy (non-hydrogen) atoms. The lowest BCUT2D eigenvalue weighted by Gasteiger charge is -2.34. The number of carbonyl (C=O) groups is 1. The van der Waals surface area contributed by atoms with Crippen molar-refractivity contribution in [2.75, 3.05) is 44.0 Å². The van der Waals surface area contributed by atoms with Gasteiger partial charge in [0.1, 0.15) is 0 Å². The van der Waals surface area contributed by atoms with Gasteiger partial charge in [-0.25, -0.2) is 4.98 Å². The number of non-ortho nitro benzene ring substituents is 1. The molecule has 0 saturated carbocycles. The SMILES string of the molecule is COCCNc1ccc([N+](=O)[O-])cc1C(=O)Nc1nc(CN2C[C@@H](C)O[C@H](C)C2)cs1. The average molecular weight is 450 g/mol. The fourth-order valence-corrected chi connectivity index (χ4v) is 4.22. The smallest absolute Gasteiger partial charge is 0.270 e. The predicted octanol–water partition coefficient (Wildman–Crippen LogP) is 2.97. The number of nitrogens with zero attached hydrogens (tertiary/aromatic N) is 3. The number of methoxy groups -OCH3 is 1. The van der Waals surface area contributed by atoms with E-state index in [2.05, 4.69) is 20.5 Å². The highest BCUT2D eigenvalue weighted by atomic mass is 32.1. The molecule has 0 unspecified atom stereocenters. The van der Waals surface area contributed by atoms with E-state index < -0.39 is 10.8 Å². The second kappa shape index (κ2) is 10.6. The summed E-state index contributed by atoms with van der Waals surface area (Å²) >= 11 is 1.33. The van der Waals surface area contributed by atoms with Crippen LogP contribution in [-0.4, -0.2) is 66.3 Å². The number of aromatic nitrogens is 1. The molecule has 3 rings (SSSR count). The Labute approximate surface area is 184 Å². The van der Waals surface area contributed by atoms with Crippen molar-refractivity contribution in [2.45, 2.75) is 32.6 Å². The highest BCUT2D eigenvalue weighted by Crippen LogP contribution is 2.25. The fourth-order valence-electron chi connectivity index (χ4n) is 3.52. The Morgan fingerprint density at radius 1 is 1.39 bits per heavy atom. The van der Waals surface area contributed by atoms with Crippen LogP contribution in [0.15, 0.2) is 23.6 Å². The summed E-state index contributed by atoms with van der Waals surface area (Å²) < 4.78 is 10.8. The zero-order chi connectivity index (χ0) is 22.4. The van der Waals surface area contributed by atoms with Crippen molar-refractivity contribution in [1.82, 2.24) is 9.88 Å². The van der Waals surface area contributed by atoms with Crippen LogP contribution in [0, 0.1) is 10.1 Å². The van der Waals surface area contributed by atoms with Gasteiger partial charge in [-0.1, -0.05) is 0 Å². The van der Waals surface area contributed by atoms with Crippen molar-refractivity contribution >= 4 is 33.8 Å². The number of hydrogen-bond donors (Lipinski definition) is 2. The van der Waals surface area contributed by atoms with Gasteiger partial charge in [-0.05, 0) is 19.9 Å². The van der Waals surface area contributed by atoms with E-state index in [9.17, 15) is 14.9 Å². The molecule has 1 aromatic carbocycles. The minimum atomic E-state index is -0.526. The molecule has 10 nitrogen and oxygen atoms in total. The number of thiazole rings is 1. The maximum atomic E-state index is 12.9. The van der Waals surface area contributed by atoms with Gasteiger partial charge >= 0.3 is 0 Å². The average Bonchev–Trinajstić information content (AvgIpc) is 3.14. The summed E-state index contributed by atoms with van der Waals surface area (Å²) in [6.07, 6.45) is 0.332.